The molecule has 0 unspecified atom stereocenters. The van der Waals surface area contributed by atoms with Crippen LogP contribution in [0.2, 0.25) is 0 Å². The van der Waals surface area contributed by atoms with E-state index in [9.17, 15) is 13.2 Å². The van der Waals surface area contributed by atoms with Crippen LogP contribution in [0.15, 0.2) is 60.7 Å². The molecule has 1 atom stereocenters. The van der Waals surface area contributed by atoms with Gasteiger partial charge in [-0.05, 0) is 30.9 Å². The first-order chi connectivity index (χ1) is 13.3. The highest BCUT2D eigenvalue weighted by molar-refractivity contribution is 7.88. The van der Waals surface area contributed by atoms with Crippen LogP contribution in [0.3, 0.4) is 0 Å². The van der Waals surface area contributed by atoms with E-state index in [0.29, 0.717) is 25.9 Å². The molecule has 2 aromatic carbocycles. The largest absolute Gasteiger partial charge is 0.355 e. The molecule has 1 aliphatic rings. The Morgan fingerprint density at radius 1 is 1.07 bits per heavy atom. The van der Waals surface area contributed by atoms with Gasteiger partial charge in [0.2, 0.25) is 15.9 Å². The molecule has 1 amide bonds. The Morgan fingerprint density at radius 2 is 1.61 bits per heavy atom. The third-order valence-corrected chi connectivity index (χ3v) is 6.93. The highest BCUT2D eigenvalue weighted by Crippen LogP contribution is 2.31. The molecule has 1 fully saturated rings. The summed E-state index contributed by atoms with van der Waals surface area (Å²) in [5.41, 5.74) is 1.88. The first-order valence-corrected chi connectivity index (χ1v) is 11.5. The van der Waals surface area contributed by atoms with Crippen LogP contribution in [-0.4, -0.2) is 44.5 Å². The maximum atomic E-state index is 12.8. The second-order valence-electron chi connectivity index (χ2n) is 7.74. The lowest BCUT2D eigenvalue weighted by Crippen LogP contribution is -2.47. The van der Waals surface area contributed by atoms with Crippen molar-refractivity contribution in [3.8, 4) is 0 Å². The Labute approximate surface area is 167 Å². The van der Waals surface area contributed by atoms with E-state index in [1.807, 2.05) is 36.4 Å². The van der Waals surface area contributed by atoms with Crippen molar-refractivity contribution in [2.24, 2.45) is 5.92 Å². The highest BCUT2D eigenvalue weighted by atomic mass is 32.2. The molecule has 1 saturated heterocycles. The normalized spacial score (nSPS) is 18.6. The van der Waals surface area contributed by atoms with Crippen LogP contribution in [0.5, 0.6) is 0 Å². The highest BCUT2D eigenvalue weighted by Gasteiger charge is 2.33. The van der Waals surface area contributed by atoms with Crippen LogP contribution in [0.1, 0.15) is 30.9 Å². The fourth-order valence-electron chi connectivity index (χ4n) is 3.85. The second kappa shape index (κ2) is 8.45. The number of carbonyl (C=O) groups is 1. The van der Waals surface area contributed by atoms with Gasteiger partial charge in [-0.15, -0.1) is 0 Å². The lowest BCUT2D eigenvalue weighted by molar-refractivity contribution is -0.126. The topological polar surface area (TPSA) is 66.5 Å². The molecule has 5 nitrogen and oxygen atoms in total. The van der Waals surface area contributed by atoms with Gasteiger partial charge in [0.1, 0.15) is 0 Å². The van der Waals surface area contributed by atoms with Gasteiger partial charge in [0.05, 0.1) is 12.2 Å². The molecule has 0 saturated carbocycles. The molecule has 28 heavy (non-hydrogen) atoms. The van der Waals surface area contributed by atoms with Gasteiger partial charge >= 0.3 is 0 Å². The van der Waals surface area contributed by atoms with Crippen LogP contribution < -0.4 is 5.32 Å². The molecule has 0 aliphatic carbocycles. The van der Waals surface area contributed by atoms with Gasteiger partial charge in [0.15, 0.2) is 0 Å². The van der Waals surface area contributed by atoms with Gasteiger partial charge in [0, 0.05) is 25.0 Å². The van der Waals surface area contributed by atoms with Gasteiger partial charge in [0.25, 0.3) is 0 Å². The summed E-state index contributed by atoms with van der Waals surface area (Å²) in [5.74, 6) is -0.384. The summed E-state index contributed by atoms with van der Waals surface area (Å²) < 4.78 is 25.1. The van der Waals surface area contributed by atoms with Crippen LogP contribution >= 0.6 is 0 Å². The molecule has 2 aromatic rings. The number of hydrogen-bond acceptors (Lipinski definition) is 3. The van der Waals surface area contributed by atoms with Gasteiger partial charge in [-0.25, -0.2) is 12.7 Å². The lowest BCUT2D eigenvalue weighted by atomic mass is 9.76. The molecule has 6 heteroatoms. The van der Waals surface area contributed by atoms with E-state index in [1.54, 1.807) is 0 Å². The molecular formula is C22H28N2O3S. The summed E-state index contributed by atoms with van der Waals surface area (Å²) in [7, 11) is -3.27. The molecule has 0 radical (unpaired) electrons. The van der Waals surface area contributed by atoms with E-state index in [1.165, 1.54) is 10.6 Å². The zero-order valence-electron chi connectivity index (χ0n) is 16.5. The van der Waals surface area contributed by atoms with Crippen molar-refractivity contribution in [3.63, 3.8) is 0 Å². The Balaban J connectivity index is 1.76. The van der Waals surface area contributed by atoms with Crippen molar-refractivity contribution in [2.75, 3.05) is 25.9 Å². The van der Waals surface area contributed by atoms with E-state index in [4.69, 9.17) is 0 Å². The van der Waals surface area contributed by atoms with Crippen molar-refractivity contribution in [3.05, 3.63) is 71.8 Å². The zero-order valence-corrected chi connectivity index (χ0v) is 17.3. The van der Waals surface area contributed by atoms with Gasteiger partial charge in [-0.2, -0.15) is 0 Å². The maximum Gasteiger partial charge on any atom is 0.224 e. The van der Waals surface area contributed by atoms with Crippen LogP contribution in [0.4, 0.5) is 0 Å². The minimum absolute atomic E-state index is 0.0774. The molecule has 1 N–H and O–H groups in total. The number of nitrogens with one attached hydrogen (secondary N) is 1. The van der Waals surface area contributed by atoms with Crippen molar-refractivity contribution in [1.82, 2.24) is 9.62 Å². The molecule has 0 bridgehead atoms. The SMILES string of the molecule is CC(CNC(=O)[C@H]1CCCN(S(C)(=O)=O)C1)(c1ccccc1)c1ccccc1. The quantitative estimate of drug-likeness (QED) is 0.811. The monoisotopic (exact) mass is 400 g/mol. The Hall–Kier alpha value is -2.18. The van der Waals surface area contributed by atoms with Gasteiger partial charge in [-0.1, -0.05) is 60.7 Å². The zero-order chi connectivity index (χ0) is 20.2. The second-order valence-corrected chi connectivity index (χ2v) is 9.72. The summed E-state index contributed by atoms with van der Waals surface area (Å²) in [6.07, 6.45) is 2.63. The van der Waals surface area contributed by atoms with E-state index in [-0.39, 0.29) is 23.8 Å². The fraction of sp³-hybridized carbons (Fsp3) is 0.409. The number of hydrogen-bond donors (Lipinski definition) is 1. The standard InChI is InChI=1S/C22H28N2O3S/c1-22(19-11-5-3-6-12-19,20-13-7-4-8-14-20)17-23-21(25)18-10-9-15-24(16-18)28(2,26)27/h3-8,11-14,18H,9-10,15-17H2,1-2H3,(H,23,25)/t18-/m0/s1. The third-order valence-electron chi connectivity index (χ3n) is 5.66. The number of rotatable bonds is 6. The minimum atomic E-state index is -3.27. The molecule has 0 spiro atoms. The fourth-order valence-corrected chi connectivity index (χ4v) is 4.76. The average Bonchev–Trinajstić information content (AvgIpc) is 2.72. The Bertz CT molecular complexity index is 858. The smallest absolute Gasteiger partial charge is 0.224 e. The first kappa shape index (κ1) is 20.6. The summed E-state index contributed by atoms with van der Waals surface area (Å²) in [5, 5.41) is 3.10. The number of benzene rings is 2. The summed E-state index contributed by atoms with van der Waals surface area (Å²) >= 11 is 0. The van der Waals surface area contributed by atoms with Crippen LogP contribution in [0.25, 0.3) is 0 Å². The predicted molar refractivity (Wildman–Crippen MR) is 111 cm³/mol. The average molecular weight is 401 g/mol. The molecule has 150 valence electrons. The number of nitrogens with zero attached hydrogens (tertiary/aromatic N) is 1. The molecule has 0 aromatic heterocycles. The van der Waals surface area contributed by atoms with Crippen molar-refractivity contribution in [2.45, 2.75) is 25.2 Å². The van der Waals surface area contributed by atoms with Gasteiger partial charge in [-0.3, -0.25) is 4.79 Å². The molecule has 1 aliphatic heterocycles. The number of sulfonamides is 1. The van der Waals surface area contributed by atoms with Crippen LogP contribution in [0, 0.1) is 5.92 Å². The summed E-state index contributed by atoms with van der Waals surface area (Å²) in [4.78, 5) is 12.8. The molecular weight excluding hydrogens is 372 g/mol. The lowest BCUT2D eigenvalue weighted by Gasteiger charge is -2.34. The van der Waals surface area contributed by atoms with Crippen molar-refractivity contribution >= 4 is 15.9 Å². The third kappa shape index (κ3) is 4.62. The van der Waals surface area contributed by atoms with E-state index < -0.39 is 10.0 Å². The summed E-state index contributed by atoms with van der Waals surface area (Å²) in [6.45, 7) is 3.34. The maximum absolute atomic E-state index is 12.8. The van der Waals surface area contributed by atoms with E-state index >= 15 is 0 Å². The molecule has 3 rings (SSSR count). The van der Waals surface area contributed by atoms with Gasteiger partial charge < -0.3 is 5.32 Å². The van der Waals surface area contributed by atoms with Crippen molar-refractivity contribution < 1.29 is 13.2 Å². The minimum Gasteiger partial charge on any atom is -0.355 e. The summed E-state index contributed by atoms with van der Waals surface area (Å²) in [6, 6.07) is 20.3. The number of carbonyl (C=O) groups excluding carboxylic acids is 1. The number of amides is 1. The Kier molecular flexibility index (Phi) is 6.20. The Morgan fingerprint density at radius 3 is 2.11 bits per heavy atom. The molecule has 1 heterocycles. The van der Waals surface area contributed by atoms with E-state index in [0.717, 1.165) is 11.1 Å². The van der Waals surface area contributed by atoms with Crippen LogP contribution in [-0.2, 0) is 20.2 Å². The number of piperidine rings is 1. The predicted octanol–water partition coefficient (Wildman–Crippen LogP) is 2.78. The first-order valence-electron chi connectivity index (χ1n) is 9.64. The van der Waals surface area contributed by atoms with E-state index in [2.05, 4.69) is 36.5 Å². The van der Waals surface area contributed by atoms with Crippen molar-refractivity contribution in [1.29, 1.82) is 0 Å².